The average molecular weight is 300 g/mol. The molecule has 0 unspecified atom stereocenters. The average Bonchev–Trinajstić information content (AvgIpc) is 2.88. The molecule has 0 atom stereocenters. The van der Waals surface area contributed by atoms with Crippen LogP contribution in [0.4, 0.5) is 19.0 Å². The quantitative estimate of drug-likeness (QED) is 0.672. The van der Waals surface area contributed by atoms with E-state index < -0.39 is 11.7 Å². The second-order valence-electron chi connectivity index (χ2n) is 4.85. The summed E-state index contributed by atoms with van der Waals surface area (Å²) in [6, 6.07) is 0. The number of anilines is 1. The number of rotatable bonds is 3. The number of nitrogens with zero attached hydrogens (tertiary/aromatic N) is 4. The third kappa shape index (κ3) is 2.97. The molecule has 2 heterocycles. The molecule has 2 aromatic heterocycles. The lowest BCUT2D eigenvalue weighted by Gasteiger charge is -2.13. The summed E-state index contributed by atoms with van der Waals surface area (Å²) in [7, 11) is 0. The van der Waals surface area contributed by atoms with Gasteiger partial charge in [0.15, 0.2) is 5.82 Å². The van der Waals surface area contributed by atoms with Crippen LogP contribution in [0.5, 0.6) is 0 Å². The summed E-state index contributed by atoms with van der Waals surface area (Å²) < 4.78 is 39.0. The second-order valence-corrected chi connectivity index (χ2v) is 4.85. The van der Waals surface area contributed by atoms with Gasteiger partial charge < -0.3 is 5.43 Å². The minimum absolute atomic E-state index is 0.00546. The summed E-state index contributed by atoms with van der Waals surface area (Å²) in [5.41, 5.74) is 2.10. The van der Waals surface area contributed by atoms with E-state index in [2.05, 4.69) is 20.5 Å². The van der Waals surface area contributed by atoms with E-state index >= 15 is 0 Å². The number of hydrazine groups is 1. The van der Waals surface area contributed by atoms with Crippen molar-refractivity contribution in [3.05, 3.63) is 29.3 Å². The second kappa shape index (κ2) is 5.32. The van der Waals surface area contributed by atoms with Crippen molar-refractivity contribution in [2.75, 3.05) is 5.43 Å². The molecule has 0 aromatic carbocycles. The Kier molecular flexibility index (Phi) is 3.86. The summed E-state index contributed by atoms with van der Waals surface area (Å²) in [5, 5.41) is 3.73. The monoisotopic (exact) mass is 300 g/mol. The van der Waals surface area contributed by atoms with Gasteiger partial charge in [-0.3, -0.25) is 0 Å². The van der Waals surface area contributed by atoms with Gasteiger partial charge in [-0.05, 0) is 6.92 Å². The Balaban J connectivity index is 2.57. The van der Waals surface area contributed by atoms with E-state index in [1.165, 1.54) is 0 Å². The molecule has 0 aliphatic carbocycles. The highest BCUT2D eigenvalue weighted by Crippen LogP contribution is 2.30. The van der Waals surface area contributed by atoms with E-state index in [1.807, 2.05) is 13.8 Å². The summed E-state index contributed by atoms with van der Waals surface area (Å²) in [6.45, 7) is 5.40. The molecule has 0 spiro atoms. The molecule has 21 heavy (non-hydrogen) atoms. The van der Waals surface area contributed by atoms with Gasteiger partial charge in [-0.2, -0.15) is 18.3 Å². The first-order valence-electron chi connectivity index (χ1n) is 6.21. The number of hydrogen-bond acceptors (Lipinski definition) is 5. The molecule has 9 heteroatoms. The molecule has 114 valence electrons. The van der Waals surface area contributed by atoms with Gasteiger partial charge in [-0.1, -0.05) is 13.8 Å². The van der Waals surface area contributed by atoms with Crippen molar-refractivity contribution < 1.29 is 13.2 Å². The van der Waals surface area contributed by atoms with Gasteiger partial charge in [-0.15, -0.1) is 0 Å². The Morgan fingerprint density at radius 2 is 1.95 bits per heavy atom. The summed E-state index contributed by atoms with van der Waals surface area (Å²) >= 11 is 0. The molecule has 0 aliphatic heterocycles. The van der Waals surface area contributed by atoms with E-state index in [-0.39, 0.29) is 11.7 Å². The van der Waals surface area contributed by atoms with E-state index in [1.54, 1.807) is 6.92 Å². The standard InChI is InChI=1S/C12H15F3N6/c1-6(2)9-18-10(20-16)7(3)11(19-9)21-5-8(4-17-21)12(13,14)15/h4-6H,16H2,1-3H3,(H,18,19,20). The van der Waals surface area contributed by atoms with E-state index in [4.69, 9.17) is 5.84 Å². The van der Waals surface area contributed by atoms with Crippen LogP contribution in [0, 0.1) is 6.92 Å². The minimum Gasteiger partial charge on any atom is -0.308 e. The fraction of sp³-hybridized carbons (Fsp3) is 0.417. The molecule has 0 saturated heterocycles. The molecule has 0 amide bonds. The fourth-order valence-corrected chi connectivity index (χ4v) is 1.73. The number of halogens is 3. The number of hydrogen-bond donors (Lipinski definition) is 2. The first-order valence-corrected chi connectivity index (χ1v) is 6.21. The lowest BCUT2D eigenvalue weighted by Crippen LogP contribution is -2.16. The predicted octanol–water partition coefficient (Wildman–Crippen LogP) is 2.40. The Morgan fingerprint density at radius 1 is 1.29 bits per heavy atom. The van der Waals surface area contributed by atoms with Crippen molar-refractivity contribution in [1.29, 1.82) is 0 Å². The zero-order chi connectivity index (χ0) is 15.8. The van der Waals surface area contributed by atoms with Gasteiger partial charge in [0.05, 0.1) is 11.8 Å². The molecule has 0 bridgehead atoms. The predicted molar refractivity (Wildman–Crippen MR) is 70.8 cm³/mol. The van der Waals surface area contributed by atoms with Gasteiger partial charge >= 0.3 is 6.18 Å². The van der Waals surface area contributed by atoms with Crippen molar-refractivity contribution in [3.8, 4) is 5.82 Å². The van der Waals surface area contributed by atoms with Gasteiger partial charge in [-0.25, -0.2) is 20.5 Å². The Labute approximate surface area is 119 Å². The largest absolute Gasteiger partial charge is 0.419 e. The zero-order valence-corrected chi connectivity index (χ0v) is 11.7. The van der Waals surface area contributed by atoms with Crippen LogP contribution < -0.4 is 11.3 Å². The number of nitrogens with one attached hydrogen (secondary N) is 1. The Morgan fingerprint density at radius 3 is 2.43 bits per heavy atom. The lowest BCUT2D eigenvalue weighted by atomic mass is 10.2. The van der Waals surface area contributed by atoms with Crippen molar-refractivity contribution >= 4 is 5.82 Å². The van der Waals surface area contributed by atoms with E-state index in [0.717, 1.165) is 17.1 Å². The normalized spacial score (nSPS) is 12.0. The van der Waals surface area contributed by atoms with Crippen LogP contribution in [0.25, 0.3) is 5.82 Å². The third-order valence-corrected chi connectivity index (χ3v) is 2.92. The molecule has 0 saturated carbocycles. The van der Waals surface area contributed by atoms with Crippen molar-refractivity contribution in [1.82, 2.24) is 19.7 Å². The van der Waals surface area contributed by atoms with Crippen molar-refractivity contribution in [3.63, 3.8) is 0 Å². The van der Waals surface area contributed by atoms with Crippen molar-refractivity contribution in [2.45, 2.75) is 32.9 Å². The van der Waals surface area contributed by atoms with E-state index in [9.17, 15) is 13.2 Å². The molecule has 3 N–H and O–H groups in total. The first kappa shape index (κ1) is 15.2. The van der Waals surface area contributed by atoms with E-state index in [0.29, 0.717) is 17.2 Å². The SMILES string of the molecule is Cc1c(NN)nc(C(C)C)nc1-n1cc(C(F)(F)F)cn1. The topological polar surface area (TPSA) is 81.6 Å². The summed E-state index contributed by atoms with van der Waals surface area (Å²) in [4.78, 5) is 8.49. The third-order valence-electron chi connectivity index (χ3n) is 2.92. The lowest BCUT2D eigenvalue weighted by molar-refractivity contribution is -0.137. The summed E-state index contributed by atoms with van der Waals surface area (Å²) in [6.07, 6.45) is -2.80. The minimum atomic E-state index is -4.45. The maximum atomic E-state index is 12.7. The first-order chi connectivity index (χ1) is 9.74. The summed E-state index contributed by atoms with van der Waals surface area (Å²) in [5.74, 6) is 6.47. The van der Waals surface area contributed by atoms with Crippen LogP contribution in [0.15, 0.2) is 12.4 Å². The molecule has 0 fully saturated rings. The van der Waals surface area contributed by atoms with Crippen LogP contribution in [-0.2, 0) is 6.18 Å². The van der Waals surface area contributed by atoms with Gasteiger partial charge in [0.2, 0.25) is 0 Å². The fourth-order valence-electron chi connectivity index (χ4n) is 1.73. The van der Waals surface area contributed by atoms with Crippen LogP contribution in [-0.4, -0.2) is 19.7 Å². The highest BCUT2D eigenvalue weighted by atomic mass is 19.4. The maximum Gasteiger partial charge on any atom is 0.419 e. The van der Waals surface area contributed by atoms with Crippen LogP contribution in [0.1, 0.15) is 36.7 Å². The Bertz CT molecular complexity index is 647. The molecule has 2 aromatic rings. The van der Waals surface area contributed by atoms with Gasteiger partial charge in [0.1, 0.15) is 11.6 Å². The van der Waals surface area contributed by atoms with Gasteiger partial charge in [0, 0.05) is 17.7 Å². The number of nitrogen functional groups attached to an aromatic ring is 1. The van der Waals surface area contributed by atoms with Crippen LogP contribution >= 0.6 is 0 Å². The zero-order valence-electron chi connectivity index (χ0n) is 11.7. The van der Waals surface area contributed by atoms with Crippen LogP contribution in [0.2, 0.25) is 0 Å². The maximum absolute atomic E-state index is 12.7. The molecule has 2 rings (SSSR count). The molecule has 0 radical (unpaired) electrons. The molecule has 6 nitrogen and oxygen atoms in total. The number of aromatic nitrogens is 4. The molecular formula is C12H15F3N6. The highest BCUT2D eigenvalue weighted by Gasteiger charge is 2.32. The number of nitrogens with two attached hydrogens (primary N) is 1. The van der Waals surface area contributed by atoms with Gasteiger partial charge in [0.25, 0.3) is 0 Å². The van der Waals surface area contributed by atoms with Crippen molar-refractivity contribution in [2.24, 2.45) is 5.84 Å². The smallest absolute Gasteiger partial charge is 0.308 e. The molecular weight excluding hydrogens is 285 g/mol. The number of alkyl halides is 3. The molecule has 0 aliphatic rings. The Hall–Kier alpha value is -2.16. The van der Waals surface area contributed by atoms with Crippen LogP contribution in [0.3, 0.4) is 0 Å². The highest BCUT2D eigenvalue weighted by molar-refractivity contribution is 5.51.